The maximum atomic E-state index is 12.5. The maximum Gasteiger partial charge on any atom is 0.416 e. The van der Waals surface area contributed by atoms with E-state index in [1.165, 1.54) is 13.2 Å². The van der Waals surface area contributed by atoms with Crippen molar-refractivity contribution in [1.29, 1.82) is 0 Å². The van der Waals surface area contributed by atoms with Crippen LogP contribution < -0.4 is 5.32 Å². The number of ether oxygens (including phenoxy) is 1. The largest absolute Gasteiger partial charge is 0.416 e. The molecule has 0 aliphatic carbocycles. The molecule has 0 radical (unpaired) electrons. The average Bonchev–Trinajstić information content (AvgIpc) is 2.16. The molecule has 0 saturated carbocycles. The van der Waals surface area contributed by atoms with Gasteiger partial charge in [-0.05, 0) is 17.7 Å². The number of rotatable bonds is 2. The van der Waals surface area contributed by atoms with E-state index in [-0.39, 0.29) is 0 Å². The summed E-state index contributed by atoms with van der Waals surface area (Å²) in [4.78, 5) is 0. The quantitative estimate of drug-likeness (QED) is 0.842. The minimum atomic E-state index is -4.30. The predicted molar refractivity (Wildman–Crippen MR) is 53.0 cm³/mol. The highest BCUT2D eigenvalue weighted by Crippen LogP contribution is 2.34. The van der Waals surface area contributed by atoms with Gasteiger partial charge in [0.1, 0.15) is 5.60 Å². The SMILES string of the molecule is COC1(c2cccc(C(F)(F)F)c2)CNC1. The fourth-order valence-corrected chi connectivity index (χ4v) is 1.80. The number of nitrogens with one attached hydrogen (secondary N) is 1. The third-order valence-corrected chi connectivity index (χ3v) is 2.93. The molecule has 2 rings (SSSR count). The second-order valence-corrected chi connectivity index (χ2v) is 3.88. The van der Waals surface area contributed by atoms with Gasteiger partial charge in [-0.3, -0.25) is 0 Å². The minimum Gasteiger partial charge on any atom is -0.371 e. The van der Waals surface area contributed by atoms with Crippen LogP contribution in [0.2, 0.25) is 0 Å². The first-order valence-electron chi connectivity index (χ1n) is 4.91. The maximum absolute atomic E-state index is 12.5. The fourth-order valence-electron chi connectivity index (χ4n) is 1.80. The standard InChI is InChI=1S/C11H12F3NO/c1-16-10(6-15-7-10)8-3-2-4-9(5-8)11(12,13)14/h2-5,15H,6-7H2,1H3. The Morgan fingerprint density at radius 1 is 1.31 bits per heavy atom. The number of methoxy groups -OCH3 is 1. The molecule has 0 atom stereocenters. The van der Waals surface area contributed by atoms with Crippen LogP contribution in [-0.2, 0) is 16.5 Å². The smallest absolute Gasteiger partial charge is 0.371 e. The molecule has 0 unspecified atom stereocenters. The molecule has 1 fully saturated rings. The molecule has 0 spiro atoms. The third kappa shape index (κ3) is 1.81. The van der Waals surface area contributed by atoms with Crippen molar-refractivity contribution in [3.05, 3.63) is 35.4 Å². The van der Waals surface area contributed by atoms with E-state index in [4.69, 9.17) is 4.74 Å². The number of hydrogen-bond donors (Lipinski definition) is 1. The molecule has 1 heterocycles. The Labute approximate surface area is 91.4 Å². The van der Waals surface area contributed by atoms with Gasteiger partial charge in [0.25, 0.3) is 0 Å². The van der Waals surface area contributed by atoms with Crippen molar-refractivity contribution in [1.82, 2.24) is 5.32 Å². The van der Waals surface area contributed by atoms with Gasteiger partial charge in [0.15, 0.2) is 0 Å². The molecule has 0 bridgehead atoms. The van der Waals surface area contributed by atoms with Crippen LogP contribution in [0.1, 0.15) is 11.1 Å². The second-order valence-electron chi connectivity index (χ2n) is 3.88. The highest BCUT2D eigenvalue weighted by molar-refractivity contribution is 5.32. The van der Waals surface area contributed by atoms with E-state index in [1.807, 2.05) is 0 Å². The zero-order valence-corrected chi connectivity index (χ0v) is 8.77. The first-order chi connectivity index (χ1) is 7.48. The normalized spacial score (nSPS) is 19.2. The molecule has 0 aromatic heterocycles. The van der Waals surface area contributed by atoms with Crippen molar-refractivity contribution in [3.63, 3.8) is 0 Å². The number of hydrogen-bond acceptors (Lipinski definition) is 2. The van der Waals surface area contributed by atoms with E-state index in [2.05, 4.69) is 5.32 Å². The molecular formula is C11H12F3NO. The van der Waals surface area contributed by atoms with Gasteiger partial charge in [-0.2, -0.15) is 13.2 Å². The van der Waals surface area contributed by atoms with Crippen molar-refractivity contribution in [3.8, 4) is 0 Å². The molecule has 16 heavy (non-hydrogen) atoms. The third-order valence-electron chi connectivity index (χ3n) is 2.93. The summed E-state index contributed by atoms with van der Waals surface area (Å²) in [7, 11) is 1.51. The molecule has 5 heteroatoms. The summed E-state index contributed by atoms with van der Waals surface area (Å²) in [6, 6.07) is 5.31. The second kappa shape index (κ2) is 3.75. The zero-order chi connectivity index (χ0) is 11.8. The Balaban J connectivity index is 2.36. The van der Waals surface area contributed by atoms with Crippen molar-refractivity contribution in [2.45, 2.75) is 11.8 Å². The van der Waals surface area contributed by atoms with Crippen LogP contribution in [0, 0.1) is 0 Å². The van der Waals surface area contributed by atoms with Gasteiger partial charge in [0, 0.05) is 20.2 Å². The highest BCUT2D eigenvalue weighted by Gasteiger charge is 2.40. The van der Waals surface area contributed by atoms with Crippen LogP contribution in [0.25, 0.3) is 0 Å². The molecule has 2 nitrogen and oxygen atoms in total. The van der Waals surface area contributed by atoms with Gasteiger partial charge < -0.3 is 10.1 Å². The minimum absolute atomic E-state index is 0.546. The lowest BCUT2D eigenvalue weighted by Crippen LogP contribution is -2.58. The summed E-state index contributed by atoms with van der Waals surface area (Å²) in [6.45, 7) is 1.09. The summed E-state index contributed by atoms with van der Waals surface area (Å²) >= 11 is 0. The first-order valence-corrected chi connectivity index (χ1v) is 4.91. The summed E-state index contributed by atoms with van der Waals surface area (Å²) < 4.78 is 42.9. The van der Waals surface area contributed by atoms with Crippen LogP contribution in [-0.4, -0.2) is 20.2 Å². The summed E-state index contributed by atoms with van der Waals surface area (Å²) in [5, 5.41) is 3.00. The molecule has 88 valence electrons. The van der Waals surface area contributed by atoms with Gasteiger partial charge in [-0.1, -0.05) is 12.1 Å². The van der Waals surface area contributed by atoms with Crippen molar-refractivity contribution < 1.29 is 17.9 Å². The summed E-state index contributed by atoms with van der Waals surface area (Å²) in [6.07, 6.45) is -4.30. The van der Waals surface area contributed by atoms with Gasteiger partial charge in [0.2, 0.25) is 0 Å². The number of halogens is 3. The Morgan fingerprint density at radius 2 is 2.00 bits per heavy atom. The molecule has 1 N–H and O–H groups in total. The lowest BCUT2D eigenvalue weighted by molar-refractivity contribution is -0.138. The van der Waals surface area contributed by atoms with Crippen LogP contribution in [0.15, 0.2) is 24.3 Å². The summed E-state index contributed by atoms with van der Waals surface area (Å²) in [5.74, 6) is 0. The fraction of sp³-hybridized carbons (Fsp3) is 0.455. The average molecular weight is 231 g/mol. The van der Waals surface area contributed by atoms with Crippen LogP contribution in [0.3, 0.4) is 0 Å². The van der Waals surface area contributed by atoms with Crippen molar-refractivity contribution >= 4 is 0 Å². The van der Waals surface area contributed by atoms with E-state index in [1.54, 1.807) is 6.07 Å². The number of benzene rings is 1. The van der Waals surface area contributed by atoms with E-state index >= 15 is 0 Å². The Morgan fingerprint density at radius 3 is 2.44 bits per heavy atom. The topological polar surface area (TPSA) is 21.3 Å². The van der Waals surface area contributed by atoms with Crippen molar-refractivity contribution in [2.75, 3.05) is 20.2 Å². The lowest BCUT2D eigenvalue weighted by Gasteiger charge is -2.41. The Hall–Kier alpha value is -1.07. The van der Waals surface area contributed by atoms with E-state index in [0.29, 0.717) is 18.7 Å². The van der Waals surface area contributed by atoms with E-state index < -0.39 is 17.3 Å². The molecule has 1 aliphatic heterocycles. The van der Waals surface area contributed by atoms with E-state index in [9.17, 15) is 13.2 Å². The molecule has 1 aliphatic rings. The lowest BCUT2D eigenvalue weighted by atomic mass is 9.87. The van der Waals surface area contributed by atoms with Gasteiger partial charge >= 0.3 is 6.18 Å². The highest BCUT2D eigenvalue weighted by atomic mass is 19.4. The molecular weight excluding hydrogens is 219 g/mol. The van der Waals surface area contributed by atoms with Crippen molar-refractivity contribution in [2.24, 2.45) is 0 Å². The summed E-state index contributed by atoms with van der Waals surface area (Å²) in [5.41, 5.74) is -0.654. The molecule has 1 aromatic carbocycles. The molecule has 0 amide bonds. The zero-order valence-electron chi connectivity index (χ0n) is 8.77. The van der Waals surface area contributed by atoms with Gasteiger partial charge in [-0.15, -0.1) is 0 Å². The Kier molecular flexibility index (Phi) is 2.67. The monoisotopic (exact) mass is 231 g/mol. The van der Waals surface area contributed by atoms with Crippen LogP contribution in [0.5, 0.6) is 0 Å². The molecule has 1 saturated heterocycles. The van der Waals surface area contributed by atoms with E-state index in [0.717, 1.165) is 12.1 Å². The number of alkyl halides is 3. The van der Waals surface area contributed by atoms with Gasteiger partial charge in [-0.25, -0.2) is 0 Å². The first kappa shape index (κ1) is 11.4. The predicted octanol–water partition coefficient (Wildman–Crippen LogP) is 2.15. The molecule has 1 aromatic rings. The van der Waals surface area contributed by atoms with Crippen LogP contribution in [0.4, 0.5) is 13.2 Å². The Bertz CT molecular complexity index is 380. The van der Waals surface area contributed by atoms with Crippen LogP contribution >= 0.6 is 0 Å². The van der Waals surface area contributed by atoms with Gasteiger partial charge in [0.05, 0.1) is 5.56 Å².